The minimum atomic E-state index is -1.15. The number of halogens is 1. The molecule has 1 aliphatic rings. The van der Waals surface area contributed by atoms with Crippen LogP contribution in [0.4, 0.5) is 10.1 Å². The fourth-order valence-corrected chi connectivity index (χ4v) is 7.84. The molecule has 1 atom stereocenters. The summed E-state index contributed by atoms with van der Waals surface area (Å²) >= 11 is 0. The summed E-state index contributed by atoms with van der Waals surface area (Å²) in [4.78, 5) is 12.7. The molecule has 0 radical (unpaired) electrons. The Bertz CT molecular complexity index is 515. The van der Waals surface area contributed by atoms with E-state index < -0.39 is 7.26 Å². The van der Waals surface area contributed by atoms with Crippen LogP contribution in [-0.2, 0) is 4.79 Å². The number of anilines is 1. The van der Waals surface area contributed by atoms with Crippen LogP contribution in [0.25, 0.3) is 0 Å². The van der Waals surface area contributed by atoms with Crippen molar-refractivity contribution in [1.82, 2.24) is 0 Å². The number of hydrogen-bond donors (Lipinski definition) is 1. The molecule has 2 nitrogen and oxygen atoms in total. The van der Waals surface area contributed by atoms with Crippen LogP contribution in [-0.4, -0.2) is 30.6 Å². The molecular weight excluding hydrogens is 284 g/mol. The molecule has 0 aliphatic carbocycles. The molecule has 1 unspecified atom stereocenters. The highest BCUT2D eigenvalue weighted by atomic mass is 31.2. The molecule has 1 aromatic carbocycles. The molecule has 0 spiro atoms. The van der Waals surface area contributed by atoms with Crippen molar-refractivity contribution in [2.45, 2.75) is 45.7 Å². The lowest BCUT2D eigenvalue weighted by Crippen LogP contribution is -2.31. The summed E-state index contributed by atoms with van der Waals surface area (Å²) in [6.07, 6.45) is 5.90. The number of carbonyl (C=O) groups excluding carboxylic acids is 1. The molecule has 1 amide bonds. The standard InChI is InChI=1S/C17H25FNOP/c1-5-15(21(4)8-6-7-9-21)17(20)19-16-12(2)10-14(18)11-13(16)3/h10-11,15H,5-9H2,1-4H3/p+1. The van der Waals surface area contributed by atoms with E-state index in [-0.39, 0.29) is 17.4 Å². The molecule has 0 aromatic heterocycles. The number of amides is 1. The van der Waals surface area contributed by atoms with Gasteiger partial charge in [-0.3, -0.25) is 4.79 Å². The quantitative estimate of drug-likeness (QED) is 0.809. The van der Waals surface area contributed by atoms with Crippen LogP contribution >= 0.6 is 7.26 Å². The Kier molecular flexibility index (Phi) is 5.03. The summed E-state index contributed by atoms with van der Waals surface area (Å²) in [5, 5.41) is 3.08. The second kappa shape index (κ2) is 6.44. The highest BCUT2D eigenvalue weighted by molar-refractivity contribution is 7.77. The number of carbonyl (C=O) groups is 1. The molecule has 21 heavy (non-hydrogen) atoms. The Morgan fingerprint density at radius 2 is 1.81 bits per heavy atom. The zero-order chi connectivity index (χ0) is 15.6. The van der Waals surface area contributed by atoms with Crippen molar-refractivity contribution in [3.63, 3.8) is 0 Å². The Hall–Kier alpha value is -0.950. The van der Waals surface area contributed by atoms with Gasteiger partial charge in [0.15, 0.2) is 0 Å². The summed E-state index contributed by atoms with van der Waals surface area (Å²) in [6, 6.07) is 2.96. The monoisotopic (exact) mass is 310 g/mol. The van der Waals surface area contributed by atoms with Crippen LogP contribution in [0.5, 0.6) is 0 Å². The zero-order valence-electron chi connectivity index (χ0n) is 13.5. The van der Waals surface area contributed by atoms with Crippen molar-refractivity contribution in [2.24, 2.45) is 0 Å². The maximum absolute atomic E-state index is 13.4. The van der Waals surface area contributed by atoms with Gasteiger partial charge in [0.2, 0.25) is 0 Å². The lowest BCUT2D eigenvalue weighted by Gasteiger charge is -2.26. The van der Waals surface area contributed by atoms with Gasteiger partial charge in [0.05, 0.1) is 12.3 Å². The molecule has 1 saturated heterocycles. The largest absolute Gasteiger partial charge is 0.322 e. The summed E-state index contributed by atoms with van der Waals surface area (Å²) in [6.45, 7) is 8.15. The SMILES string of the molecule is CCC(C(=O)Nc1c(C)cc(F)cc1C)[P+]1(C)CCCC1. The topological polar surface area (TPSA) is 29.1 Å². The second-order valence-corrected chi connectivity index (χ2v) is 10.9. The van der Waals surface area contributed by atoms with Gasteiger partial charge < -0.3 is 5.32 Å². The van der Waals surface area contributed by atoms with Gasteiger partial charge in [-0.15, -0.1) is 0 Å². The lowest BCUT2D eigenvalue weighted by molar-refractivity contribution is -0.115. The minimum absolute atomic E-state index is 0.132. The van der Waals surface area contributed by atoms with Gasteiger partial charge in [0.1, 0.15) is 11.5 Å². The third kappa shape index (κ3) is 3.45. The van der Waals surface area contributed by atoms with E-state index in [2.05, 4.69) is 18.9 Å². The minimum Gasteiger partial charge on any atom is -0.322 e. The summed E-state index contributed by atoms with van der Waals surface area (Å²) < 4.78 is 13.4. The van der Waals surface area contributed by atoms with E-state index >= 15 is 0 Å². The van der Waals surface area contributed by atoms with E-state index in [0.29, 0.717) is 0 Å². The molecule has 1 aromatic rings. The second-order valence-electron chi connectivity index (χ2n) is 6.46. The third-order valence-electron chi connectivity index (χ3n) is 4.78. The van der Waals surface area contributed by atoms with Crippen molar-refractivity contribution < 1.29 is 9.18 Å². The Labute approximate surface area is 127 Å². The summed E-state index contributed by atoms with van der Waals surface area (Å²) in [7, 11) is -1.15. The van der Waals surface area contributed by atoms with Crippen LogP contribution in [0.3, 0.4) is 0 Å². The first-order valence-corrected chi connectivity index (χ1v) is 10.5. The predicted octanol–water partition coefficient (Wildman–Crippen LogP) is 4.60. The zero-order valence-corrected chi connectivity index (χ0v) is 14.4. The average molecular weight is 310 g/mol. The molecule has 1 aliphatic heterocycles. The first-order chi connectivity index (χ1) is 9.87. The predicted molar refractivity (Wildman–Crippen MR) is 90.4 cm³/mol. The molecule has 0 saturated carbocycles. The van der Waals surface area contributed by atoms with Crippen molar-refractivity contribution in [2.75, 3.05) is 24.3 Å². The highest BCUT2D eigenvalue weighted by Crippen LogP contribution is 2.65. The van der Waals surface area contributed by atoms with E-state index in [9.17, 15) is 9.18 Å². The third-order valence-corrected chi connectivity index (χ3v) is 9.56. The van der Waals surface area contributed by atoms with Crippen molar-refractivity contribution >= 4 is 18.9 Å². The van der Waals surface area contributed by atoms with Gasteiger partial charge in [0.25, 0.3) is 5.91 Å². The molecule has 1 heterocycles. The van der Waals surface area contributed by atoms with Crippen LogP contribution in [0.15, 0.2) is 12.1 Å². The number of aryl methyl sites for hydroxylation is 2. The van der Waals surface area contributed by atoms with Crippen molar-refractivity contribution in [3.8, 4) is 0 Å². The summed E-state index contributed by atoms with van der Waals surface area (Å²) in [5.74, 6) is -0.113. The normalized spacial score (nSPS) is 18.5. The number of benzene rings is 1. The maximum atomic E-state index is 13.4. The van der Waals surface area contributed by atoms with Gasteiger partial charge in [0, 0.05) is 19.6 Å². The first kappa shape index (κ1) is 16.4. The summed E-state index contributed by atoms with van der Waals surface area (Å²) in [5.41, 5.74) is 2.52. The molecule has 2 rings (SSSR count). The Morgan fingerprint density at radius 1 is 1.29 bits per heavy atom. The molecule has 1 fully saturated rings. The molecule has 1 N–H and O–H groups in total. The Balaban J connectivity index is 2.20. The van der Waals surface area contributed by atoms with Gasteiger partial charge in [-0.1, -0.05) is 6.92 Å². The first-order valence-electron chi connectivity index (χ1n) is 7.79. The number of nitrogens with one attached hydrogen (secondary N) is 1. The average Bonchev–Trinajstić information content (AvgIpc) is 2.82. The fourth-order valence-electron chi connectivity index (χ4n) is 3.59. The van der Waals surface area contributed by atoms with E-state index in [4.69, 9.17) is 0 Å². The Morgan fingerprint density at radius 3 is 2.29 bits per heavy atom. The molecule has 0 bridgehead atoms. The highest BCUT2D eigenvalue weighted by Gasteiger charge is 2.46. The van der Waals surface area contributed by atoms with Gasteiger partial charge in [-0.05, 0) is 56.4 Å². The lowest BCUT2D eigenvalue weighted by atomic mass is 10.1. The number of hydrogen-bond acceptors (Lipinski definition) is 1. The van der Waals surface area contributed by atoms with Crippen LogP contribution < -0.4 is 5.32 Å². The van der Waals surface area contributed by atoms with E-state index in [0.717, 1.165) is 23.2 Å². The van der Waals surface area contributed by atoms with Crippen molar-refractivity contribution in [3.05, 3.63) is 29.1 Å². The van der Waals surface area contributed by atoms with Crippen molar-refractivity contribution in [1.29, 1.82) is 0 Å². The molecular formula is C17H26FNOP+. The van der Waals surface area contributed by atoms with E-state index in [1.807, 2.05) is 13.8 Å². The van der Waals surface area contributed by atoms with E-state index in [1.54, 1.807) is 0 Å². The van der Waals surface area contributed by atoms with Gasteiger partial charge in [-0.25, -0.2) is 4.39 Å². The molecule has 116 valence electrons. The van der Waals surface area contributed by atoms with E-state index in [1.165, 1.54) is 37.3 Å². The van der Waals surface area contributed by atoms with Gasteiger partial charge in [-0.2, -0.15) is 0 Å². The smallest absolute Gasteiger partial charge is 0.265 e. The van der Waals surface area contributed by atoms with Crippen LogP contribution in [0.2, 0.25) is 0 Å². The maximum Gasteiger partial charge on any atom is 0.265 e. The fraction of sp³-hybridized carbons (Fsp3) is 0.588. The molecule has 4 heteroatoms. The van der Waals surface area contributed by atoms with Crippen LogP contribution in [0.1, 0.15) is 37.3 Å². The van der Waals surface area contributed by atoms with Crippen LogP contribution in [0, 0.1) is 19.7 Å². The van der Waals surface area contributed by atoms with Gasteiger partial charge >= 0.3 is 0 Å². The number of rotatable bonds is 4.